The molecule has 0 unspecified atom stereocenters. The summed E-state index contributed by atoms with van der Waals surface area (Å²) in [5, 5.41) is 13.1. The third-order valence-corrected chi connectivity index (χ3v) is 10.2. The van der Waals surface area contributed by atoms with E-state index in [-0.39, 0.29) is 36.5 Å². The fourth-order valence-corrected chi connectivity index (χ4v) is 7.77. The van der Waals surface area contributed by atoms with Crippen LogP contribution in [0, 0.1) is 11.6 Å². The second kappa shape index (κ2) is 13.1. The highest BCUT2D eigenvalue weighted by Crippen LogP contribution is 2.49. The van der Waals surface area contributed by atoms with E-state index in [1.54, 1.807) is 9.58 Å². The number of rotatable bonds is 2. The zero-order valence-electron chi connectivity index (χ0n) is 28.2. The fourth-order valence-electron chi connectivity index (χ4n) is 6.82. The lowest BCUT2D eigenvalue weighted by Crippen LogP contribution is -2.40. The molecule has 10 nitrogen and oxygen atoms in total. The Morgan fingerprint density at radius 3 is 2.69 bits per heavy atom. The van der Waals surface area contributed by atoms with Crippen molar-refractivity contribution >= 4 is 38.2 Å². The topological polar surface area (TPSA) is 96.5 Å². The fraction of sp³-hybridized carbons (Fsp3) is 0.263. The molecule has 0 saturated heterocycles. The average Bonchev–Trinajstić information content (AvgIpc) is 3.85. The van der Waals surface area contributed by atoms with E-state index in [0.717, 1.165) is 28.0 Å². The van der Waals surface area contributed by atoms with Gasteiger partial charge >= 0.3 is 0 Å². The Balaban J connectivity index is 1.44. The van der Waals surface area contributed by atoms with Crippen LogP contribution in [0.3, 0.4) is 0 Å². The van der Waals surface area contributed by atoms with Gasteiger partial charge in [-0.15, -0.1) is 11.3 Å². The smallest absolute Gasteiger partial charge is 0.246 e. The van der Waals surface area contributed by atoms with Crippen molar-refractivity contribution < 1.29 is 27.8 Å². The van der Waals surface area contributed by atoms with Gasteiger partial charge in [-0.3, -0.25) is 14.2 Å². The van der Waals surface area contributed by atoms with Gasteiger partial charge in [0.1, 0.15) is 47.7 Å². The second-order valence-corrected chi connectivity index (χ2v) is 13.6. The number of nitrogens with zero attached hydrogens (tertiary/aromatic N) is 6. The van der Waals surface area contributed by atoms with Crippen molar-refractivity contribution in [3.05, 3.63) is 90.1 Å². The van der Waals surface area contributed by atoms with E-state index in [9.17, 15) is 9.18 Å². The molecule has 6 heterocycles. The van der Waals surface area contributed by atoms with E-state index in [0.29, 0.717) is 58.4 Å². The lowest BCUT2D eigenvalue weighted by Gasteiger charge is -2.33. The Labute approximate surface area is 296 Å². The molecule has 0 N–H and O–H groups in total. The van der Waals surface area contributed by atoms with Crippen molar-refractivity contribution in [3.63, 3.8) is 0 Å². The molecule has 0 saturated carbocycles. The number of aryl methyl sites for hydroxylation is 1. The Bertz CT molecular complexity index is 2380. The number of aromatic nitrogens is 5. The summed E-state index contributed by atoms with van der Waals surface area (Å²) < 4.78 is 54.0. The first kappa shape index (κ1) is 32.8. The summed E-state index contributed by atoms with van der Waals surface area (Å²) in [5.41, 5.74) is 4.18. The molecule has 4 aromatic heterocycles. The number of ether oxygens (including phenoxy) is 3. The normalized spacial score (nSPS) is 18.4. The van der Waals surface area contributed by atoms with Crippen molar-refractivity contribution in [3.8, 4) is 45.3 Å². The third kappa shape index (κ3) is 5.85. The lowest BCUT2D eigenvalue weighted by atomic mass is 9.95. The SMILES string of the molecule is C=CC(=O)N1CCn2nc(-c3nc4c5ccsc5c3-c3c(F)cc(F)cc3OC[C@H](C)OC/C=C/COc3cc5nn(C)cc5cc3-4)cc2[C@@H]1C. The van der Waals surface area contributed by atoms with E-state index in [1.165, 1.54) is 23.5 Å². The first-order chi connectivity index (χ1) is 24.7. The molecule has 0 aliphatic carbocycles. The van der Waals surface area contributed by atoms with E-state index in [4.69, 9.17) is 24.3 Å². The number of amides is 1. The average molecular weight is 709 g/mol. The first-order valence-electron chi connectivity index (χ1n) is 16.6. The predicted molar refractivity (Wildman–Crippen MR) is 192 cm³/mol. The van der Waals surface area contributed by atoms with Gasteiger partial charge in [-0.05, 0) is 49.6 Å². The zero-order valence-corrected chi connectivity index (χ0v) is 29.0. The van der Waals surface area contributed by atoms with Crippen LogP contribution in [0.15, 0.2) is 72.8 Å². The molecule has 2 aliphatic rings. The summed E-state index contributed by atoms with van der Waals surface area (Å²) in [6.45, 7) is 8.93. The number of hydrogen-bond donors (Lipinski definition) is 0. The van der Waals surface area contributed by atoms with Gasteiger partial charge in [0.2, 0.25) is 5.91 Å². The van der Waals surface area contributed by atoms with E-state index >= 15 is 4.39 Å². The molecule has 2 atom stereocenters. The summed E-state index contributed by atoms with van der Waals surface area (Å²) in [7, 11) is 1.86. The number of halogens is 2. The molecule has 260 valence electrons. The maximum absolute atomic E-state index is 16.4. The minimum atomic E-state index is -0.800. The Hall–Kier alpha value is -5.40. The predicted octanol–water partition coefficient (Wildman–Crippen LogP) is 7.48. The number of hydrogen-bond acceptors (Lipinski definition) is 8. The van der Waals surface area contributed by atoms with Crippen LogP contribution in [0.25, 0.3) is 54.8 Å². The van der Waals surface area contributed by atoms with Crippen LogP contribution in [-0.2, 0) is 23.1 Å². The highest BCUT2D eigenvalue weighted by atomic mass is 32.1. The zero-order chi connectivity index (χ0) is 35.4. The Morgan fingerprint density at radius 2 is 1.84 bits per heavy atom. The summed E-state index contributed by atoms with van der Waals surface area (Å²) in [6.07, 6.45) is 6.56. The van der Waals surface area contributed by atoms with Gasteiger partial charge in [0.25, 0.3) is 0 Å². The minimum absolute atomic E-state index is 0.0224. The van der Waals surface area contributed by atoms with Gasteiger partial charge in [0.15, 0.2) is 0 Å². The van der Waals surface area contributed by atoms with Gasteiger partial charge in [0.05, 0.1) is 47.8 Å². The molecule has 2 aromatic carbocycles. The van der Waals surface area contributed by atoms with Crippen LogP contribution >= 0.6 is 11.3 Å². The number of pyridine rings is 1. The molecule has 2 bridgehead atoms. The van der Waals surface area contributed by atoms with Crippen LogP contribution in [-0.4, -0.2) is 67.8 Å². The first-order valence-corrected chi connectivity index (χ1v) is 17.5. The van der Waals surface area contributed by atoms with Crippen molar-refractivity contribution in [2.45, 2.75) is 32.5 Å². The van der Waals surface area contributed by atoms with Crippen molar-refractivity contribution in [1.29, 1.82) is 0 Å². The molecule has 13 heteroatoms. The van der Waals surface area contributed by atoms with Gasteiger partial charge in [-0.1, -0.05) is 12.7 Å². The molecule has 2 aliphatic heterocycles. The number of carbonyl (C=O) groups excluding carboxylic acids is 1. The summed E-state index contributed by atoms with van der Waals surface area (Å²) in [4.78, 5) is 19.8. The molecule has 6 aromatic rings. The molecule has 51 heavy (non-hydrogen) atoms. The lowest BCUT2D eigenvalue weighted by molar-refractivity contribution is -0.129. The largest absolute Gasteiger partial charge is 0.490 e. The van der Waals surface area contributed by atoms with E-state index in [2.05, 4.69) is 11.7 Å². The molecule has 0 fully saturated rings. The van der Waals surface area contributed by atoms with Crippen LogP contribution in [0.1, 0.15) is 25.6 Å². The van der Waals surface area contributed by atoms with Crippen molar-refractivity contribution in [2.75, 3.05) is 26.4 Å². The van der Waals surface area contributed by atoms with Crippen LogP contribution in [0.4, 0.5) is 8.78 Å². The van der Waals surface area contributed by atoms with E-state index in [1.807, 2.05) is 73.6 Å². The number of thiophene rings is 1. The van der Waals surface area contributed by atoms with Crippen LogP contribution < -0.4 is 9.47 Å². The van der Waals surface area contributed by atoms with Crippen molar-refractivity contribution in [2.24, 2.45) is 7.05 Å². The Kier molecular flexibility index (Phi) is 8.39. The van der Waals surface area contributed by atoms with Crippen LogP contribution in [0.5, 0.6) is 11.5 Å². The number of fused-ring (bicyclic) bond motifs is 6. The number of benzene rings is 2. The van der Waals surface area contributed by atoms with Crippen molar-refractivity contribution in [1.82, 2.24) is 29.4 Å². The molecular formula is C38H34F2N6O4S. The second-order valence-electron chi connectivity index (χ2n) is 12.6. The van der Waals surface area contributed by atoms with Gasteiger partial charge in [-0.25, -0.2) is 13.8 Å². The monoisotopic (exact) mass is 708 g/mol. The maximum atomic E-state index is 16.4. The van der Waals surface area contributed by atoms with Gasteiger partial charge in [0, 0.05) is 64.6 Å². The highest BCUT2D eigenvalue weighted by Gasteiger charge is 2.32. The molecule has 0 radical (unpaired) electrons. The third-order valence-electron chi connectivity index (χ3n) is 9.26. The minimum Gasteiger partial charge on any atom is -0.490 e. The Morgan fingerprint density at radius 1 is 1.00 bits per heavy atom. The summed E-state index contributed by atoms with van der Waals surface area (Å²) in [5.74, 6) is -1.16. The standard InChI is InChI=1S/C38H34F2N6O4S/c1-5-33(47)45-9-10-46-30(22(45)3)17-29(43-46)37-35-34-27(40)15-24(39)16-32(34)50-20-21(2)48-11-6-7-12-49-31-18-28-23(19-44(4)42-28)14-26(31)36(41-37)25-8-13-51-38(25)35/h5-8,13-19,21-22H,1,9-12,20H2,2-4H3/b7-6+/t21-,22-/m0/s1. The molecule has 1 amide bonds. The van der Waals surface area contributed by atoms with Crippen LogP contribution in [0.2, 0.25) is 0 Å². The van der Waals surface area contributed by atoms with Gasteiger partial charge in [-0.2, -0.15) is 10.2 Å². The molecule has 0 spiro atoms. The highest BCUT2D eigenvalue weighted by molar-refractivity contribution is 7.18. The summed E-state index contributed by atoms with van der Waals surface area (Å²) >= 11 is 1.41. The van der Waals surface area contributed by atoms with E-state index < -0.39 is 17.7 Å². The maximum Gasteiger partial charge on any atom is 0.246 e. The number of carbonyl (C=O) groups is 1. The summed E-state index contributed by atoms with van der Waals surface area (Å²) in [6, 6.07) is 9.46. The quantitative estimate of drug-likeness (QED) is 0.136. The van der Waals surface area contributed by atoms with Gasteiger partial charge < -0.3 is 19.1 Å². The molecule has 8 rings (SSSR count). The molecular weight excluding hydrogens is 675 g/mol.